The zero-order chi connectivity index (χ0) is 18.7. The smallest absolute Gasteiger partial charge is 0.317 e. The third-order valence-electron chi connectivity index (χ3n) is 4.82. The lowest BCUT2D eigenvalue weighted by atomic mass is 9.85. The molecule has 0 radical (unpaired) electrons. The number of piperazine rings is 1. The van der Waals surface area contributed by atoms with E-state index in [1.165, 1.54) is 0 Å². The summed E-state index contributed by atoms with van der Waals surface area (Å²) in [6.07, 6.45) is 0. The van der Waals surface area contributed by atoms with Crippen LogP contribution in [0.25, 0.3) is 0 Å². The lowest BCUT2D eigenvalue weighted by molar-refractivity contribution is 0.0113. The van der Waals surface area contributed by atoms with Crippen LogP contribution in [0, 0.1) is 5.41 Å². The second kappa shape index (κ2) is 8.02. The summed E-state index contributed by atoms with van der Waals surface area (Å²) < 4.78 is 0. The predicted octanol–water partition coefficient (Wildman–Crippen LogP) is 1.45. The van der Waals surface area contributed by atoms with E-state index in [0.717, 1.165) is 19.6 Å². The van der Waals surface area contributed by atoms with E-state index in [4.69, 9.17) is 0 Å². The SMILES string of the molecule is CC1CN(CC(C)(C)O)CCN1C(=O)NC(C)C(C)(C)CN(C)C. The Balaban J connectivity index is 2.57. The molecule has 6 nitrogen and oxygen atoms in total. The summed E-state index contributed by atoms with van der Waals surface area (Å²) in [4.78, 5) is 19.0. The van der Waals surface area contributed by atoms with Gasteiger partial charge in [-0.1, -0.05) is 13.8 Å². The van der Waals surface area contributed by atoms with E-state index in [2.05, 4.69) is 56.9 Å². The molecular formula is C18H38N4O2. The molecule has 2 unspecified atom stereocenters. The van der Waals surface area contributed by atoms with Crippen LogP contribution in [0.5, 0.6) is 0 Å². The highest BCUT2D eigenvalue weighted by Gasteiger charge is 2.33. The molecule has 0 aromatic carbocycles. The Morgan fingerprint density at radius 1 is 1.29 bits per heavy atom. The molecular weight excluding hydrogens is 304 g/mol. The predicted molar refractivity (Wildman–Crippen MR) is 99.2 cm³/mol. The molecule has 1 aliphatic heterocycles. The van der Waals surface area contributed by atoms with Gasteiger partial charge in [0.25, 0.3) is 0 Å². The van der Waals surface area contributed by atoms with Crippen molar-refractivity contribution >= 4 is 6.03 Å². The molecule has 0 aromatic rings. The molecule has 1 saturated heterocycles. The van der Waals surface area contributed by atoms with Gasteiger partial charge in [0.1, 0.15) is 0 Å². The van der Waals surface area contributed by atoms with E-state index in [-0.39, 0.29) is 23.5 Å². The second-order valence-corrected chi connectivity index (χ2v) is 8.99. The number of β-amino-alcohol motifs (C(OH)–C–C–N with tert-alkyl or cyclic N) is 1. The zero-order valence-corrected chi connectivity index (χ0v) is 16.9. The van der Waals surface area contributed by atoms with E-state index >= 15 is 0 Å². The lowest BCUT2D eigenvalue weighted by Crippen LogP contribution is -2.60. The minimum atomic E-state index is -0.700. The lowest BCUT2D eigenvalue weighted by Gasteiger charge is -2.43. The average Bonchev–Trinajstić information content (AvgIpc) is 2.34. The molecule has 1 aliphatic rings. The van der Waals surface area contributed by atoms with Gasteiger partial charge in [-0.2, -0.15) is 0 Å². The summed E-state index contributed by atoms with van der Waals surface area (Å²) in [5, 5.41) is 13.2. The standard InChI is InChI=1S/C18H38N4O2/c1-14-11-21(13-18(5,6)24)9-10-22(14)16(23)19-15(2)17(3,4)12-20(7)8/h14-15,24H,9-13H2,1-8H3,(H,19,23). The first kappa shape index (κ1) is 21.2. The number of nitrogens with one attached hydrogen (secondary N) is 1. The topological polar surface area (TPSA) is 59.1 Å². The fourth-order valence-corrected chi connectivity index (χ4v) is 3.44. The molecule has 1 heterocycles. The Bertz CT molecular complexity index is 418. The summed E-state index contributed by atoms with van der Waals surface area (Å²) in [6, 6.07) is 0.254. The first-order valence-corrected chi connectivity index (χ1v) is 8.98. The summed E-state index contributed by atoms with van der Waals surface area (Å²) in [6.45, 7) is 16.0. The van der Waals surface area contributed by atoms with Crippen molar-refractivity contribution in [2.45, 2.75) is 59.2 Å². The Hall–Kier alpha value is -0.850. The van der Waals surface area contributed by atoms with Crippen molar-refractivity contribution in [1.29, 1.82) is 0 Å². The monoisotopic (exact) mass is 342 g/mol. The number of nitrogens with zero attached hydrogens (tertiary/aromatic N) is 3. The third kappa shape index (κ3) is 6.57. The van der Waals surface area contributed by atoms with Crippen molar-refractivity contribution in [3.63, 3.8) is 0 Å². The van der Waals surface area contributed by atoms with Gasteiger partial charge in [0.05, 0.1) is 5.60 Å². The maximum absolute atomic E-state index is 12.7. The van der Waals surface area contributed by atoms with Crippen molar-refractivity contribution in [2.24, 2.45) is 5.41 Å². The van der Waals surface area contributed by atoms with Crippen molar-refractivity contribution in [1.82, 2.24) is 20.0 Å². The van der Waals surface area contributed by atoms with E-state index in [0.29, 0.717) is 13.1 Å². The van der Waals surface area contributed by atoms with Crippen molar-refractivity contribution in [3.05, 3.63) is 0 Å². The molecule has 0 aromatic heterocycles. The van der Waals surface area contributed by atoms with Gasteiger partial charge in [-0.15, -0.1) is 0 Å². The summed E-state index contributed by atoms with van der Waals surface area (Å²) in [7, 11) is 4.11. The number of carbonyl (C=O) groups is 1. The van der Waals surface area contributed by atoms with Gasteiger partial charge < -0.3 is 20.2 Å². The van der Waals surface area contributed by atoms with Crippen LogP contribution in [0.4, 0.5) is 4.79 Å². The highest BCUT2D eigenvalue weighted by atomic mass is 16.3. The van der Waals surface area contributed by atoms with Crippen LogP contribution in [0.2, 0.25) is 0 Å². The van der Waals surface area contributed by atoms with Gasteiger partial charge in [0.15, 0.2) is 0 Å². The molecule has 0 spiro atoms. The van der Waals surface area contributed by atoms with Crippen LogP contribution in [0.3, 0.4) is 0 Å². The van der Waals surface area contributed by atoms with Gasteiger partial charge in [-0.25, -0.2) is 4.79 Å². The number of aliphatic hydroxyl groups is 1. The Morgan fingerprint density at radius 2 is 1.88 bits per heavy atom. The quantitative estimate of drug-likeness (QED) is 0.767. The van der Waals surface area contributed by atoms with Gasteiger partial charge in [0.2, 0.25) is 0 Å². The van der Waals surface area contributed by atoms with E-state index < -0.39 is 5.60 Å². The van der Waals surface area contributed by atoms with Gasteiger partial charge in [-0.3, -0.25) is 4.90 Å². The summed E-state index contributed by atoms with van der Waals surface area (Å²) in [5.74, 6) is 0. The zero-order valence-electron chi connectivity index (χ0n) is 16.9. The first-order valence-electron chi connectivity index (χ1n) is 8.98. The highest BCUT2D eigenvalue weighted by molar-refractivity contribution is 5.75. The molecule has 24 heavy (non-hydrogen) atoms. The van der Waals surface area contributed by atoms with Crippen molar-refractivity contribution in [3.8, 4) is 0 Å². The number of carbonyl (C=O) groups excluding carboxylic acids is 1. The minimum absolute atomic E-state index is 0.00509. The molecule has 1 fully saturated rings. The first-order chi connectivity index (χ1) is 10.8. The average molecular weight is 343 g/mol. The molecule has 1 rings (SSSR count). The number of hydrogen-bond donors (Lipinski definition) is 2. The van der Waals surface area contributed by atoms with Gasteiger partial charge >= 0.3 is 6.03 Å². The fourth-order valence-electron chi connectivity index (χ4n) is 3.44. The normalized spacial score (nSPS) is 21.9. The Labute approximate surface area is 148 Å². The van der Waals surface area contributed by atoms with E-state index in [1.54, 1.807) is 0 Å². The minimum Gasteiger partial charge on any atom is -0.389 e. The Kier molecular flexibility index (Phi) is 7.08. The second-order valence-electron chi connectivity index (χ2n) is 8.99. The fraction of sp³-hybridized carbons (Fsp3) is 0.944. The van der Waals surface area contributed by atoms with Crippen molar-refractivity contribution < 1.29 is 9.90 Å². The summed E-state index contributed by atoms with van der Waals surface area (Å²) >= 11 is 0. The molecule has 142 valence electrons. The summed E-state index contributed by atoms with van der Waals surface area (Å²) in [5.41, 5.74) is -0.694. The van der Waals surface area contributed by atoms with Gasteiger partial charge in [0, 0.05) is 44.8 Å². The molecule has 6 heteroatoms. The highest BCUT2D eigenvalue weighted by Crippen LogP contribution is 2.22. The molecule has 0 aliphatic carbocycles. The van der Waals surface area contributed by atoms with Gasteiger partial charge in [-0.05, 0) is 47.2 Å². The maximum Gasteiger partial charge on any atom is 0.317 e. The third-order valence-corrected chi connectivity index (χ3v) is 4.82. The van der Waals surface area contributed by atoms with Crippen LogP contribution < -0.4 is 5.32 Å². The van der Waals surface area contributed by atoms with Crippen molar-refractivity contribution in [2.75, 3.05) is 46.8 Å². The molecule has 2 amide bonds. The molecule has 0 saturated carbocycles. The number of hydrogen-bond acceptors (Lipinski definition) is 4. The largest absolute Gasteiger partial charge is 0.389 e. The molecule has 2 atom stereocenters. The number of urea groups is 1. The molecule has 2 N–H and O–H groups in total. The van der Waals surface area contributed by atoms with Crippen LogP contribution in [-0.4, -0.2) is 90.3 Å². The van der Waals surface area contributed by atoms with Crippen LogP contribution in [0.15, 0.2) is 0 Å². The molecule has 0 bridgehead atoms. The maximum atomic E-state index is 12.7. The number of rotatable bonds is 6. The van der Waals surface area contributed by atoms with Crippen LogP contribution in [-0.2, 0) is 0 Å². The van der Waals surface area contributed by atoms with E-state index in [1.807, 2.05) is 18.7 Å². The van der Waals surface area contributed by atoms with Crippen LogP contribution >= 0.6 is 0 Å². The van der Waals surface area contributed by atoms with E-state index in [9.17, 15) is 9.90 Å². The number of amides is 2. The van der Waals surface area contributed by atoms with Crippen LogP contribution in [0.1, 0.15) is 41.5 Å². The Morgan fingerprint density at radius 3 is 2.33 bits per heavy atom.